The van der Waals surface area contributed by atoms with E-state index in [0.717, 1.165) is 12.1 Å². The van der Waals surface area contributed by atoms with Crippen molar-refractivity contribution in [3.8, 4) is 5.75 Å². The molecule has 0 spiro atoms. The molecule has 21 heavy (non-hydrogen) atoms. The Labute approximate surface area is 119 Å². The van der Waals surface area contributed by atoms with Gasteiger partial charge < -0.3 is 4.74 Å². The summed E-state index contributed by atoms with van der Waals surface area (Å²) in [7, 11) is 1.68. The average molecular weight is 298 g/mol. The summed E-state index contributed by atoms with van der Waals surface area (Å²) in [6, 6.07) is 5.00. The number of nitrogens with zero attached hydrogens (tertiary/aromatic N) is 2. The van der Waals surface area contributed by atoms with Crippen LogP contribution in [0, 0.1) is 0 Å². The zero-order chi connectivity index (χ0) is 15.6. The molecule has 0 N–H and O–H groups in total. The number of hydrogen-bond acceptors (Lipinski definition) is 3. The Bertz CT molecular complexity index is 662. The molecule has 7 heteroatoms. The van der Waals surface area contributed by atoms with E-state index in [0.29, 0.717) is 17.7 Å². The van der Waals surface area contributed by atoms with Crippen LogP contribution in [-0.4, -0.2) is 21.9 Å². The molecule has 0 radical (unpaired) electrons. The van der Waals surface area contributed by atoms with Crippen molar-refractivity contribution in [1.29, 1.82) is 0 Å². The zero-order valence-electron chi connectivity index (χ0n) is 11.4. The molecular formula is C14H13F3N2O2. The number of aromatic nitrogens is 2. The number of aryl methyl sites for hydroxylation is 2. The van der Waals surface area contributed by atoms with Crippen LogP contribution in [0.1, 0.15) is 28.5 Å². The SMILES string of the molecule is CCc1nn(C)cc1C(=O)c1cccc(OC(F)(F)F)c1. The fourth-order valence-electron chi connectivity index (χ4n) is 1.98. The molecule has 1 aromatic carbocycles. The number of hydrogen-bond donors (Lipinski definition) is 0. The number of carbonyl (C=O) groups excluding carboxylic acids is 1. The van der Waals surface area contributed by atoms with Crippen molar-refractivity contribution < 1.29 is 22.7 Å². The van der Waals surface area contributed by atoms with Gasteiger partial charge in [-0.1, -0.05) is 19.1 Å². The van der Waals surface area contributed by atoms with Crippen LogP contribution in [-0.2, 0) is 13.5 Å². The smallest absolute Gasteiger partial charge is 0.406 e. The van der Waals surface area contributed by atoms with Crippen LogP contribution >= 0.6 is 0 Å². The highest BCUT2D eigenvalue weighted by molar-refractivity contribution is 6.09. The van der Waals surface area contributed by atoms with E-state index < -0.39 is 12.1 Å². The lowest BCUT2D eigenvalue weighted by atomic mass is 10.0. The summed E-state index contributed by atoms with van der Waals surface area (Å²) in [6.07, 6.45) is -2.68. The van der Waals surface area contributed by atoms with Crippen molar-refractivity contribution >= 4 is 5.78 Å². The normalized spacial score (nSPS) is 11.5. The average Bonchev–Trinajstić information content (AvgIpc) is 2.77. The lowest BCUT2D eigenvalue weighted by Crippen LogP contribution is -2.17. The highest BCUT2D eigenvalue weighted by atomic mass is 19.4. The molecule has 0 aliphatic rings. The molecule has 2 aromatic rings. The molecule has 0 aliphatic heterocycles. The van der Waals surface area contributed by atoms with Gasteiger partial charge >= 0.3 is 6.36 Å². The van der Waals surface area contributed by atoms with Crippen LogP contribution in [0.2, 0.25) is 0 Å². The van der Waals surface area contributed by atoms with E-state index in [9.17, 15) is 18.0 Å². The number of ether oxygens (including phenoxy) is 1. The summed E-state index contributed by atoms with van der Waals surface area (Å²) in [4.78, 5) is 12.4. The van der Waals surface area contributed by atoms with Gasteiger partial charge in [0.25, 0.3) is 0 Å². The van der Waals surface area contributed by atoms with Crippen molar-refractivity contribution in [1.82, 2.24) is 9.78 Å². The van der Waals surface area contributed by atoms with Gasteiger partial charge in [-0.05, 0) is 18.6 Å². The first-order valence-electron chi connectivity index (χ1n) is 6.23. The fourth-order valence-corrected chi connectivity index (χ4v) is 1.98. The van der Waals surface area contributed by atoms with Crippen molar-refractivity contribution in [2.24, 2.45) is 7.05 Å². The van der Waals surface area contributed by atoms with E-state index in [1.807, 2.05) is 6.92 Å². The largest absolute Gasteiger partial charge is 0.573 e. The monoisotopic (exact) mass is 298 g/mol. The summed E-state index contributed by atoms with van der Waals surface area (Å²) in [5.41, 5.74) is 1.10. The Kier molecular flexibility index (Phi) is 4.02. The molecule has 1 aromatic heterocycles. The van der Waals surface area contributed by atoms with Crippen molar-refractivity contribution in [3.63, 3.8) is 0 Å². The van der Waals surface area contributed by atoms with Crippen LogP contribution in [0.4, 0.5) is 13.2 Å². The second kappa shape index (κ2) is 5.59. The highest BCUT2D eigenvalue weighted by Crippen LogP contribution is 2.24. The van der Waals surface area contributed by atoms with E-state index in [-0.39, 0.29) is 11.3 Å². The number of carbonyl (C=O) groups is 1. The topological polar surface area (TPSA) is 44.1 Å². The minimum atomic E-state index is -4.79. The molecule has 0 amide bonds. The molecule has 1 heterocycles. The van der Waals surface area contributed by atoms with Gasteiger partial charge in [0.05, 0.1) is 11.3 Å². The molecule has 0 atom stereocenters. The third-order valence-electron chi connectivity index (χ3n) is 2.81. The first-order chi connectivity index (χ1) is 9.80. The predicted octanol–water partition coefficient (Wildman–Crippen LogP) is 3.11. The Morgan fingerprint density at radius 2 is 2.10 bits per heavy atom. The summed E-state index contributed by atoms with van der Waals surface area (Å²) < 4.78 is 41.9. The van der Waals surface area contributed by atoms with Crippen LogP contribution < -0.4 is 4.74 Å². The maximum atomic E-state index is 12.4. The Morgan fingerprint density at radius 1 is 1.38 bits per heavy atom. The van der Waals surface area contributed by atoms with Crippen LogP contribution in [0.3, 0.4) is 0 Å². The zero-order valence-corrected chi connectivity index (χ0v) is 11.4. The summed E-state index contributed by atoms with van der Waals surface area (Å²) in [5.74, 6) is -0.803. The summed E-state index contributed by atoms with van der Waals surface area (Å²) in [6.45, 7) is 1.85. The van der Waals surface area contributed by atoms with Gasteiger partial charge in [0.1, 0.15) is 5.75 Å². The Hall–Kier alpha value is -2.31. The number of rotatable bonds is 4. The molecule has 0 unspecified atom stereocenters. The van der Waals surface area contributed by atoms with Gasteiger partial charge in [-0.15, -0.1) is 13.2 Å². The quantitative estimate of drug-likeness (QED) is 0.815. The molecule has 2 rings (SSSR count). The Balaban J connectivity index is 2.33. The minimum Gasteiger partial charge on any atom is -0.406 e. The van der Waals surface area contributed by atoms with Gasteiger partial charge in [-0.3, -0.25) is 9.48 Å². The van der Waals surface area contributed by atoms with Gasteiger partial charge in [0, 0.05) is 18.8 Å². The first kappa shape index (κ1) is 15.1. The number of benzene rings is 1. The van der Waals surface area contributed by atoms with E-state index >= 15 is 0 Å². The predicted molar refractivity (Wildman–Crippen MR) is 69.1 cm³/mol. The van der Waals surface area contributed by atoms with Crippen LogP contribution in [0.15, 0.2) is 30.5 Å². The number of alkyl halides is 3. The van der Waals surface area contributed by atoms with Gasteiger partial charge in [-0.2, -0.15) is 5.10 Å². The van der Waals surface area contributed by atoms with Gasteiger partial charge in [0.2, 0.25) is 0 Å². The first-order valence-corrected chi connectivity index (χ1v) is 6.23. The minimum absolute atomic E-state index is 0.124. The van der Waals surface area contributed by atoms with Gasteiger partial charge in [0.15, 0.2) is 5.78 Å². The van der Waals surface area contributed by atoms with E-state index in [4.69, 9.17) is 0 Å². The molecule has 112 valence electrons. The molecule has 0 saturated heterocycles. The lowest BCUT2D eigenvalue weighted by molar-refractivity contribution is -0.274. The fraction of sp³-hybridized carbons (Fsp3) is 0.286. The second-order valence-corrected chi connectivity index (χ2v) is 4.42. The summed E-state index contributed by atoms with van der Waals surface area (Å²) >= 11 is 0. The van der Waals surface area contributed by atoms with Crippen molar-refractivity contribution in [3.05, 3.63) is 47.3 Å². The molecule has 0 saturated carbocycles. The molecular weight excluding hydrogens is 285 g/mol. The molecule has 0 bridgehead atoms. The van der Waals surface area contributed by atoms with Crippen LogP contribution in [0.25, 0.3) is 0 Å². The van der Waals surface area contributed by atoms with E-state index in [2.05, 4.69) is 9.84 Å². The maximum absolute atomic E-state index is 12.4. The highest BCUT2D eigenvalue weighted by Gasteiger charge is 2.31. The molecule has 0 aliphatic carbocycles. The maximum Gasteiger partial charge on any atom is 0.573 e. The van der Waals surface area contributed by atoms with E-state index in [1.165, 1.54) is 16.8 Å². The van der Waals surface area contributed by atoms with Crippen molar-refractivity contribution in [2.75, 3.05) is 0 Å². The molecule has 4 nitrogen and oxygen atoms in total. The standard InChI is InChI=1S/C14H13F3N2O2/c1-3-12-11(8-19(2)18-12)13(20)9-5-4-6-10(7-9)21-14(15,16)17/h4-8H,3H2,1-2H3. The second-order valence-electron chi connectivity index (χ2n) is 4.42. The third kappa shape index (κ3) is 3.62. The lowest BCUT2D eigenvalue weighted by Gasteiger charge is -2.09. The van der Waals surface area contributed by atoms with Gasteiger partial charge in [-0.25, -0.2) is 0 Å². The number of halogens is 3. The van der Waals surface area contributed by atoms with Crippen molar-refractivity contribution in [2.45, 2.75) is 19.7 Å². The summed E-state index contributed by atoms with van der Waals surface area (Å²) in [5, 5.41) is 4.14. The Morgan fingerprint density at radius 3 is 2.71 bits per heavy atom. The van der Waals surface area contributed by atoms with E-state index in [1.54, 1.807) is 13.2 Å². The molecule has 0 fully saturated rings. The third-order valence-corrected chi connectivity index (χ3v) is 2.81. The number of ketones is 1. The van der Waals surface area contributed by atoms with Crippen LogP contribution in [0.5, 0.6) is 5.75 Å².